The molecule has 3 heterocycles. The molecule has 2 aliphatic heterocycles. The van der Waals surface area contributed by atoms with Gasteiger partial charge in [-0.1, -0.05) is 12.1 Å². The summed E-state index contributed by atoms with van der Waals surface area (Å²) in [4.78, 5) is 29.7. The standard InChI is InChI=1S/C25H22N2O5/c1-15-5-3-6-17(13-15)27-22(20-7-4-11-31-20)21(24(29)25(27)30)23(28)16-8-9-19-18(14-16)26(2)10-12-32-19/h3-9,11,13-14,22,28H,10,12H2,1-2H3/b23-21-. The summed E-state index contributed by atoms with van der Waals surface area (Å²) in [5.41, 5.74) is 2.74. The molecule has 1 atom stereocenters. The van der Waals surface area contributed by atoms with Crippen molar-refractivity contribution in [2.75, 3.05) is 30.0 Å². The molecule has 1 unspecified atom stereocenters. The fourth-order valence-electron chi connectivity index (χ4n) is 4.25. The van der Waals surface area contributed by atoms with Crippen molar-refractivity contribution >= 4 is 28.8 Å². The Morgan fingerprint density at radius 2 is 1.94 bits per heavy atom. The molecule has 0 bridgehead atoms. The lowest BCUT2D eigenvalue weighted by Crippen LogP contribution is -2.29. The zero-order valence-corrected chi connectivity index (χ0v) is 17.7. The van der Waals surface area contributed by atoms with Crippen molar-refractivity contribution in [2.24, 2.45) is 0 Å². The van der Waals surface area contributed by atoms with Gasteiger partial charge >= 0.3 is 0 Å². The number of hydrogen-bond acceptors (Lipinski definition) is 6. The van der Waals surface area contributed by atoms with E-state index in [0.29, 0.717) is 35.9 Å². The number of carbonyl (C=O) groups excluding carboxylic acids is 2. The van der Waals surface area contributed by atoms with Crippen LogP contribution in [-0.4, -0.2) is 37.0 Å². The van der Waals surface area contributed by atoms with Gasteiger partial charge in [-0.2, -0.15) is 0 Å². The quantitative estimate of drug-likeness (QED) is 0.384. The third-order valence-electron chi connectivity index (χ3n) is 5.86. The van der Waals surface area contributed by atoms with E-state index < -0.39 is 17.7 Å². The third-order valence-corrected chi connectivity index (χ3v) is 5.86. The van der Waals surface area contributed by atoms with E-state index >= 15 is 0 Å². The molecule has 3 aromatic rings. The summed E-state index contributed by atoms with van der Waals surface area (Å²) >= 11 is 0. The molecule has 7 heteroatoms. The maximum absolute atomic E-state index is 13.2. The van der Waals surface area contributed by atoms with Gasteiger partial charge < -0.3 is 19.2 Å². The molecule has 5 rings (SSSR count). The number of aliphatic hydroxyl groups is 1. The highest BCUT2D eigenvalue weighted by Crippen LogP contribution is 2.43. The number of nitrogens with zero attached hydrogens (tertiary/aromatic N) is 2. The molecule has 0 aliphatic carbocycles. The topological polar surface area (TPSA) is 83.2 Å². The van der Waals surface area contributed by atoms with E-state index in [2.05, 4.69) is 0 Å². The van der Waals surface area contributed by atoms with Gasteiger partial charge in [-0.3, -0.25) is 14.5 Å². The zero-order valence-electron chi connectivity index (χ0n) is 17.7. The van der Waals surface area contributed by atoms with E-state index in [1.807, 2.05) is 37.1 Å². The first-order valence-corrected chi connectivity index (χ1v) is 10.3. The van der Waals surface area contributed by atoms with Crippen LogP contribution in [0.2, 0.25) is 0 Å². The summed E-state index contributed by atoms with van der Waals surface area (Å²) in [6.45, 7) is 3.20. The Labute approximate surface area is 185 Å². The van der Waals surface area contributed by atoms with Gasteiger partial charge in [0.25, 0.3) is 11.7 Å². The van der Waals surface area contributed by atoms with Crippen molar-refractivity contribution in [3.63, 3.8) is 0 Å². The fourth-order valence-corrected chi connectivity index (χ4v) is 4.25. The molecule has 1 saturated heterocycles. The monoisotopic (exact) mass is 430 g/mol. The predicted octanol–water partition coefficient (Wildman–Crippen LogP) is 4.04. The Morgan fingerprint density at radius 1 is 1.09 bits per heavy atom. The minimum Gasteiger partial charge on any atom is -0.507 e. The number of furan rings is 1. The number of likely N-dealkylation sites (N-methyl/N-ethyl adjacent to an activating group) is 1. The molecule has 0 radical (unpaired) electrons. The van der Waals surface area contributed by atoms with Crippen LogP contribution in [0.3, 0.4) is 0 Å². The van der Waals surface area contributed by atoms with Crippen LogP contribution in [0, 0.1) is 6.92 Å². The van der Waals surface area contributed by atoms with Crippen molar-refractivity contribution < 1.29 is 23.8 Å². The SMILES string of the molecule is Cc1cccc(N2C(=O)C(=O)/C(=C(\O)c3ccc4c(c3)N(C)CCO4)C2c2ccco2)c1. The van der Waals surface area contributed by atoms with E-state index in [4.69, 9.17) is 9.15 Å². The average molecular weight is 430 g/mol. The Balaban J connectivity index is 1.68. The molecule has 0 spiro atoms. The van der Waals surface area contributed by atoms with E-state index in [9.17, 15) is 14.7 Å². The first-order chi connectivity index (χ1) is 15.5. The number of benzene rings is 2. The average Bonchev–Trinajstić information content (AvgIpc) is 3.40. The number of fused-ring (bicyclic) bond motifs is 1. The van der Waals surface area contributed by atoms with Gasteiger partial charge in [0.1, 0.15) is 29.9 Å². The fraction of sp³-hybridized carbons (Fsp3) is 0.200. The number of aryl methyl sites for hydroxylation is 1. The summed E-state index contributed by atoms with van der Waals surface area (Å²) < 4.78 is 11.3. The number of Topliss-reactive ketones (excluding diaryl/α,β-unsaturated/α-hetero) is 1. The smallest absolute Gasteiger partial charge is 0.300 e. The summed E-state index contributed by atoms with van der Waals surface area (Å²) in [6.07, 6.45) is 1.48. The molecule has 2 aliphatic rings. The highest BCUT2D eigenvalue weighted by molar-refractivity contribution is 6.51. The second-order valence-corrected chi connectivity index (χ2v) is 7.98. The van der Waals surface area contributed by atoms with Crippen LogP contribution in [0.15, 0.2) is 70.9 Å². The molecule has 32 heavy (non-hydrogen) atoms. The predicted molar refractivity (Wildman–Crippen MR) is 120 cm³/mol. The van der Waals surface area contributed by atoms with Gasteiger partial charge in [0.15, 0.2) is 0 Å². The molecular formula is C25H22N2O5. The van der Waals surface area contributed by atoms with Crippen LogP contribution in [0.1, 0.15) is 22.9 Å². The Hall–Kier alpha value is -4.00. The van der Waals surface area contributed by atoms with Crippen LogP contribution < -0.4 is 14.5 Å². The third kappa shape index (κ3) is 3.13. The lowest BCUT2D eigenvalue weighted by atomic mass is 9.98. The Bertz CT molecular complexity index is 1240. The molecule has 7 nitrogen and oxygen atoms in total. The van der Waals surface area contributed by atoms with Crippen LogP contribution >= 0.6 is 0 Å². The number of rotatable bonds is 3. The second-order valence-electron chi connectivity index (χ2n) is 7.98. The summed E-state index contributed by atoms with van der Waals surface area (Å²) in [6, 6.07) is 15.0. The lowest BCUT2D eigenvalue weighted by molar-refractivity contribution is -0.132. The number of aliphatic hydroxyl groups excluding tert-OH is 1. The highest BCUT2D eigenvalue weighted by Gasteiger charge is 2.48. The van der Waals surface area contributed by atoms with Crippen LogP contribution in [0.25, 0.3) is 5.76 Å². The maximum Gasteiger partial charge on any atom is 0.300 e. The normalized spacial score (nSPS) is 19.8. The summed E-state index contributed by atoms with van der Waals surface area (Å²) in [7, 11) is 1.94. The molecule has 0 saturated carbocycles. The number of anilines is 2. The largest absolute Gasteiger partial charge is 0.507 e. The Kier molecular flexibility index (Phi) is 4.74. The first-order valence-electron chi connectivity index (χ1n) is 10.3. The first kappa shape index (κ1) is 19.9. The molecule has 162 valence electrons. The molecule has 1 N–H and O–H groups in total. The minimum absolute atomic E-state index is 0.00853. The van der Waals surface area contributed by atoms with Gasteiger partial charge in [-0.05, 0) is 55.0 Å². The lowest BCUT2D eigenvalue weighted by Gasteiger charge is -2.28. The van der Waals surface area contributed by atoms with Crippen molar-refractivity contribution in [1.82, 2.24) is 0 Å². The van der Waals surface area contributed by atoms with Gasteiger partial charge in [0.2, 0.25) is 0 Å². The molecule has 1 amide bonds. The Morgan fingerprint density at radius 3 is 2.69 bits per heavy atom. The number of carbonyl (C=O) groups is 2. The van der Waals surface area contributed by atoms with Crippen LogP contribution in [0.4, 0.5) is 11.4 Å². The van der Waals surface area contributed by atoms with E-state index in [0.717, 1.165) is 11.3 Å². The summed E-state index contributed by atoms with van der Waals surface area (Å²) in [5, 5.41) is 11.3. The van der Waals surface area contributed by atoms with Gasteiger partial charge in [0, 0.05) is 18.3 Å². The number of hydrogen-bond donors (Lipinski definition) is 1. The van der Waals surface area contributed by atoms with Gasteiger partial charge in [-0.25, -0.2) is 0 Å². The molecule has 1 fully saturated rings. The van der Waals surface area contributed by atoms with Gasteiger partial charge in [-0.15, -0.1) is 0 Å². The van der Waals surface area contributed by atoms with E-state index in [1.165, 1.54) is 11.2 Å². The maximum atomic E-state index is 13.2. The number of amides is 1. The van der Waals surface area contributed by atoms with E-state index in [1.54, 1.807) is 36.4 Å². The minimum atomic E-state index is -0.878. The highest BCUT2D eigenvalue weighted by atomic mass is 16.5. The number of ether oxygens (including phenoxy) is 1. The van der Waals surface area contributed by atoms with Crippen LogP contribution in [0.5, 0.6) is 5.75 Å². The van der Waals surface area contributed by atoms with Crippen molar-refractivity contribution in [1.29, 1.82) is 0 Å². The van der Waals surface area contributed by atoms with Crippen LogP contribution in [-0.2, 0) is 9.59 Å². The second kappa shape index (κ2) is 7.60. The van der Waals surface area contributed by atoms with Crippen molar-refractivity contribution in [3.05, 3.63) is 83.3 Å². The number of ketones is 1. The van der Waals surface area contributed by atoms with E-state index in [-0.39, 0.29) is 11.3 Å². The molecule has 2 aromatic carbocycles. The summed E-state index contributed by atoms with van der Waals surface area (Å²) in [5.74, 6) is -0.616. The van der Waals surface area contributed by atoms with Crippen molar-refractivity contribution in [2.45, 2.75) is 13.0 Å². The molecule has 1 aromatic heterocycles. The zero-order chi connectivity index (χ0) is 22.4. The van der Waals surface area contributed by atoms with Crippen molar-refractivity contribution in [3.8, 4) is 5.75 Å². The molecular weight excluding hydrogens is 408 g/mol. The van der Waals surface area contributed by atoms with Gasteiger partial charge in [0.05, 0.1) is 24.1 Å².